The van der Waals surface area contributed by atoms with Crippen molar-refractivity contribution in [3.05, 3.63) is 16.1 Å². The minimum Gasteiger partial charge on any atom is -0.476 e. The SMILES string of the molecule is CCCC(=O)OCN(C(=O)[C@@H](NC(=O)C1CCCCN1C)[C@@H](C)CC)[C@H](C[C@@H](O[Si](CC)(CC)CC)c1nc(C(=O)O)cs1)C(C)C. The van der Waals surface area contributed by atoms with Crippen LogP contribution in [0.1, 0.15) is 122 Å². The summed E-state index contributed by atoms with van der Waals surface area (Å²) in [6.07, 6.45) is 4.02. The first-order valence-electron chi connectivity index (χ1n) is 17.6. The molecule has 2 rings (SSSR count). The van der Waals surface area contributed by atoms with Gasteiger partial charge in [-0.2, -0.15) is 0 Å². The Labute approximate surface area is 287 Å². The van der Waals surface area contributed by atoms with Crippen LogP contribution in [0.15, 0.2) is 5.38 Å². The van der Waals surface area contributed by atoms with E-state index in [4.69, 9.17) is 9.16 Å². The first kappa shape index (κ1) is 40.8. The molecule has 2 amide bonds. The Bertz CT molecular complexity index is 1150. The Morgan fingerprint density at radius 1 is 1.11 bits per heavy atom. The lowest BCUT2D eigenvalue weighted by molar-refractivity contribution is -0.159. The van der Waals surface area contributed by atoms with E-state index in [1.165, 1.54) is 16.7 Å². The summed E-state index contributed by atoms with van der Waals surface area (Å²) >= 11 is 1.25. The number of aromatic carboxylic acids is 1. The highest BCUT2D eigenvalue weighted by Gasteiger charge is 2.41. The molecule has 1 aromatic rings. The average molecular weight is 697 g/mol. The van der Waals surface area contributed by atoms with Crippen molar-refractivity contribution < 1.29 is 33.4 Å². The first-order valence-corrected chi connectivity index (χ1v) is 21.0. The van der Waals surface area contributed by atoms with E-state index in [-0.39, 0.29) is 48.5 Å². The predicted molar refractivity (Wildman–Crippen MR) is 188 cm³/mol. The fourth-order valence-electron chi connectivity index (χ4n) is 6.27. The highest BCUT2D eigenvalue weighted by Crippen LogP contribution is 2.36. The van der Waals surface area contributed by atoms with Crippen LogP contribution in [0, 0.1) is 11.8 Å². The van der Waals surface area contributed by atoms with Crippen LogP contribution in [0.5, 0.6) is 0 Å². The molecule has 13 heteroatoms. The van der Waals surface area contributed by atoms with Crippen molar-refractivity contribution in [2.75, 3.05) is 20.3 Å². The number of esters is 1. The number of hydrogen-bond donors (Lipinski definition) is 2. The third-order valence-corrected chi connectivity index (χ3v) is 15.5. The third-order valence-electron chi connectivity index (χ3n) is 9.92. The fraction of sp³-hybridized carbons (Fsp3) is 0.794. The van der Waals surface area contributed by atoms with Crippen LogP contribution in [0.3, 0.4) is 0 Å². The molecule has 1 fully saturated rings. The van der Waals surface area contributed by atoms with Crippen LogP contribution < -0.4 is 5.32 Å². The van der Waals surface area contributed by atoms with Crippen LogP contribution in [-0.4, -0.2) is 90.4 Å². The van der Waals surface area contributed by atoms with Crippen molar-refractivity contribution in [2.24, 2.45) is 11.8 Å². The molecule has 11 nitrogen and oxygen atoms in total. The van der Waals surface area contributed by atoms with Crippen molar-refractivity contribution in [3.63, 3.8) is 0 Å². The summed E-state index contributed by atoms with van der Waals surface area (Å²) in [7, 11) is -0.273. The smallest absolute Gasteiger partial charge is 0.355 e. The summed E-state index contributed by atoms with van der Waals surface area (Å²) in [6.45, 7) is 16.8. The van der Waals surface area contributed by atoms with Crippen LogP contribution in [-0.2, 0) is 23.5 Å². The molecule has 47 heavy (non-hydrogen) atoms. The number of likely N-dealkylation sites (tertiary alicyclic amines) is 1. The first-order chi connectivity index (χ1) is 22.3. The number of likely N-dealkylation sites (N-methyl/N-ethyl adjacent to an activating group) is 1. The number of carbonyl (C=O) groups is 4. The maximum Gasteiger partial charge on any atom is 0.355 e. The molecule has 0 aliphatic carbocycles. The van der Waals surface area contributed by atoms with Gasteiger partial charge >= 0.3 is 11.9 Å². The number of hydrogen-bond acceptors (Lipinski definition) is 9. The summed E-state index contributed by atoms with van der Waals surface area (Å²) in [5.74, 6) is -2.23. The zero-order valence-corrected chi connectivity index (χ0v) is 32.0. The van der Waals surface area contributed by atoms with Crippen molar-refractivity contribution in [3.8, 4) is 0 Å². The topological polar surface area (TPSA) is 138 Å². The van der Waals surface area contributed by atoms with Crippen molar-refractivity contribution in [1.29, 1.82) is 0 Å². The zero-order chi connectivity index (χ0) is 35.3. The zero-order valence-electron chi connectivity index (χ0n) is 30.2. The molecule has 0 bridgehead atoms. The van der Waals surface area contributed by atoms with Crippen LogP contribution in [0.2, 0.25) is 18.1 Å². The second-order valence-corrected chi connectivity index (χ2v) is 19.0. The number of piperidine rings is 1. The van der Waals surface area contributed by atoms with Crippen molar-refractivity contribution >= 4 is 43.4 Å². The van der Waals surface area contributed by atoms with Gasteiger partial charge in [-0.3, -0.25) is 19.3 Å². The minimum absolute atomic E-state index is 0.0369. The van der Waals surface area contributed by atoms with Gasteiger partial charge in [0, 0.05) is 17.8 Å². The van der Waals surface area contributed by atoms with Gasteiger partial charge in [0.15, 0.2) is 20.7 Å². The number of rotatable bonds is 20. The summed E-state index contributed by atoms with van der Waals surface area (Å²) < 4.78 is 12.7. The van der Waals surface area contributed by atoms with E-state index in [0.717, 1.165) is 43.9 Å². The number of carbonyl (C=O) groups excluding carboxylic acids is 3. The Morgan fingerprint density at radius 2 is 1.77 bits per heavy atom. The van der Waals surface area contributed by atoms with Gasteiger partial charge in [0.1, 0.15) is 11.0 Å². The number of thiazole rings is 1. The van der Waals surface area contributed by atoms with Gasteiger partial charge in [0.25, 0.3) is 0 Å². The van der Waals surface area contributed by atoms with Crippen LogP contribution >= 0.6 is 11.3 Å². The Morgan fingerprint density at radius 3 is 2.28 bits per heavy atom. The van der Waals surface area contributed by atoms with Gasteiger partial charge in [-0.15, -0.1) is 11.3 Å². The Kier molecular flexibility index (Phi) is 17.0. The van der Waals surface area contributed by atoms with Gasteiger partial charge in [0.2, 0.25) is 11.8 Å². The lowest BCUT2D eigenvalue weighted by Crippen LogP contribution is -2.59. The van der Waals surface area contributed by atoms with Gasteiger partial charge < -0.3 is 24.5 Å². The summed E-state index contributed by atoms with van der Waals surface area (Å²) in [5.41, 5.74) is -0.0369. The van der Waals surface area contributed by atoms with Gasteiger partial charge in [-0.25, -0.2) is 9.78 Å². The molecule has 1 aliphatic heterocycles. The number of nitrogens with zero attached hydrogens (tertiary/aromatic N) is 3. The molecule has 0 aromatic carbocycles. The number of carboxylic acids is 1. The average Bonchev–Trinajstić information content (AvgIpc) is 3.55. The second kappa shape index (κ2) is 19.6. The van der Waals surface area contributed by atoms with E-state index in [1.54, 1.807) is 4.90 Å². The minimum atomic E-state index is -2.22. The molecular formula is C34H60N4O7SSi. The predicted octanol–water partition coefficient (Wildman–Crippen LogP) is 6.46. The normalized spacial score (nSPS) is 18.3. The number of carboxylic acid groups (broad SMARTS) is 1. The van der Waals surface area contributed by atoms with Gasteiger partial charge in [-0.1, -0.05) is 68.2 Å². The Balaban J connectivity index is 2.58. The van der Waals surface area contributed by atoms with E-state index in [2.05, 4.69) is 31.1 Å². The molecule has 1 saturated heterocycles. The third kappa shape index (κ3) is 11.4. The highest BCUT2D eigenvalue weighted by molar-refractivity contribution is 7.09. The lowest BCUT2D eigenvalue weighted by Gasteiger charge is -2.41. The van der Waals surface area contributed by atoms with E-state index in [1.807, 2.05) is 46.6 Å². The number of ether oxygens (including phenoxy) is 1. The molecule has 268 valence electrons. The summed E-state index contributed by atoms with van der Waals surface area (Å²) in [4.78, 5) is 60.9. The van der Waals surface area contributed by atoms with Crippen LogP contribution in [0.4, 0.5) is 0 Å². The van der Waals surface area contributed by atoms with Crippen molar-refractivity contribution in [1.82, 2.24) is 20.1 Å². The van der Waals surface area contributed by atoms with Crippen molar-refractivity contribution in [2.45, 2.75) is 143 Å². The second-order valence-electron chi connectivity index (χ2n) is 13.3. The van der Waals surface area contributed by atoms with Gasteiger partial charge in [-0.05, 0) is 69.2 Å². The number of amides is 2. The number of aromatic nitrogens is 1. The Hall–Kier alpha value is -2.35. The molecule has 2 N–H and O–H groups in total. The maximum absolute atomic E-state index is 14.7. The summed E-state index contributed by atoms with van der Waals surface area (Å²) in [5, 5.41) is 14.8. The van der Waals surface area contributed by atoms with E-state index in [0.29, 0.717) is 24.3 Å². The molecule has 5 atom stereocenters. The van der Waals surface area contributed by atoms with E-state index >= 15 is 0 Å². The molecule has 1 aromatic heterocycles. The molecule has 0 saturated carbocycles. The molecule has 0 radical (unpaired) electrons. The molecule has 0 spiro atoms. The van der Waals surface area contributed by atoms with Crippen LogP contribution in [0.25, 0.3) is 0 Å². The van der Waals surface area contributed by atoms with E-state index in [9.17, 15) is 24.3 Å². The standard InChI is InChI=1S/C34H60N4O7SSi/c1-10-17-29(39)44-22-38(33(41)30(24(8)11-2)36-31(40)26-18-15-16-19-37(26)9)27(23(6)7)20-28(45-47(12-3,13-4)14-5)32-35-25(21-46-32)34(42)43/h21,23-24,26-28,30H,10-20,22H2,1-9H3,(H,36,40)(H,42,43)/t24-,26?,27+,28+,30-/m0/s1. The number of nitrogens with one attached hydrogen (secondary N) is 1. The quantitative estimate of drug-likeness (QED) is 0.0893. The maximum atomic E-state index is 14.7. The monoisotopic (exact) mass is 696 g/mol. The lowest BCUT2D eigenvalue weighted by atomic mass is 9.92. The molecular weight excluding hydrogens is 637 g/mol. The molecule has 2 heterocycles. The molecule has 1 unspecified atom stereocenters. The van der Waals surface area contributed by atoms with E-state index < -0.39 is 38.4 Å². The van der Waals surface area contributed by atoms with Gasteiger partial charge in [0.05, 0.1) is 12.1 Å². The fourth-order valence-corrected chi connectivity index (χ4v) is 10.0. The highest BCUT2D eigenvalue weighted by atomic mass is 32.1. The summed E-state index contributed by atoms with van der Waals surface area (Å²) in [6, 6.07) is 1.07. The largest absolute Gasteiger partial charge is 0.476 e. The molecule has 1 aliphatic rings.